The minimum Gasteiger partial charge on any atom is -0.457 e. The summed E-state index contributed by atoms with van der Waals surface area (Å²) in [6.07, 6.45) is 2.37. The molecule has 128 valence electrons. The summed E-state index contributed by atoms with van der Waals surface area (Å²) in [6, 6.07) is 16.9. The van der Waals surface area contributed by atoms with Crippen LogP contribution in [-0.4, -0.2) is 28.8 Å². The molecule has 2 aromatic rings. The van der Waals surface area contributed by atoms with Crippen molar-refractivity contribution in [1.82, 2.24) is 10.6 Å². The summed E-state index contributed by atoms with van der Waals surface area (Å²) in [5, 5.41) is 5.53. The number of hydrogen-bond donors (Lipinski definition) is 2. The molecule has 0 fully saturated rings. The summed E-state index contributed by atoms with van der Waals surface area (Å²) in [6.45, 7) is 0.965. The Morgan fingerprint density at radius 1 is 1.00 bits per heavy atom. The van der Waals surface area contributed by atoms with Crippen molar-refractivity contribution in [3.8, 4) is 11.5 Å². The van der Waals surface area contributed by atoms with E-state index in [9.17, 15) is 9.00 Å². The average Bonchev–Trinajstić information content (AvgIpc) is 2.59. The van der Waals surface area contributed by atoms with Crippen molar-refractivity contribution in [3.63, 3.8) is 0 Å². The van der Waals surface area contributed by atoms with E-state index >= 15 is 0 Å². The number of para-hydroxylation sites is 1. The molecule has 0 saturated heterocycles. The molecule has 0 spiro atoms. The molecule has 6 heteroatoms. The van der Waals surface area contributed by atoms with E-state index < -0.39 is 10.8 Å². The van der Waals surface area contributed by atoms with Gasteiger partial charge in [0, 0.05) is 35.9 Å². The van der Waals surface area contributed by atoms with Gasteiger partial charge in [-0.3, -0.25) is 4.21 Å². The Balaban J connectivity index is 1.71. The van der Waals surface area contributed by atoms with Gasteiger partial charge in [0.15, 0.2) is 0 Å². The fraction of sp³-hybridized carbons (Fsp3) is 0.278. The van der Waals surface area contributed by atoms with Crippen LogP contribution in [0.2, 0.25) is 0 Å². The Bertz CT molecular complexity index is 660. The van der Waals surface area contributed by atoms with Gasteiger partial charge < -0.3 is 15.4 Å². The molecule has 0 aliphatic heterocycles. The largest absolute Gasteiger partial charge is 0.457 e. The van der Waals surface area contributed by atoms with Crippen molar-refractivity contribution in [2.24, 2.45) is 0 Å². The number of urea groups is 1. The normalized spacial score (nSPS) is 11.5. The predicted molar refractivity (Wildman–Crippen MR) is 96.7 cm³/mol. The van der Waals surface area contributed by atoms with E-state index in [4.69, 9.17) is 4.74 Å². The fourth-order valence-corrected chi connectivity index (χ4v) is 2.57. The van der Waals surface area contributed by atoms with Gasteiger partial charge in [-0.1, -0.05) is 30.3 Å². The van der Waals surface area contributed by atoms with Crippen LogP contribution < -0.4 is 15.4 Å². The highest BCUT2D eigenvalue weighted by atomic mass is 32.2. The summed E-state index contributed by atoms with van der Waals surface area (Å²) in [5.74, 6) is 2.14. The highest BCUT2D eigenvalue weighted by Crippen LogP contribution is 2.20. The lowest BCUT2D eigenvalue weighted by Gasteiger charge is -2.09. The molecule has 2 N–H and O–H groups in total. The average molecular weight is 346 g/mol. The van der Waals surface area contributed by atoms with Crippen molar-refractivity contribution in [2.45, 2.75) is 13.0 Å². The van der Waals surface area contributed by atoms with Crippen molar-refractivity contribution in [2.75, 3.05) is 18.6 Å². The standard InChI is InChI=1S/C18H22N2O3S/c1-24(22)13-5-12-19-18(21)20-14-15-8-10-17(11-9-15)23-16-6-3-2-4-7-16/h2-4,6-11H,5,12-14H2,1H3,(H2,19,20,21)/t24-/m0/s1. The first-order valence-corrected chi connectivity index (χ1v) is 9.50. The highest BCUT2D eigenvalue weighted by molar-refractivity contribution is 7.84. The van der Waals surface area contributed by atoms with E-state index in [1.165, 1.54) is 0 Å². The summed E-state index contributed by atoms with van der Waals surface area (Å²) in [4.78, 5) is 11.6. The molecule has 0 aliphatic rings. The molecule has 2 rings (SSSR count). The molecular formula is C18H22N2O3S. The van der Waals surface area contributed by atoms with Crippen LogP contribution in [0.25, 0.3) is 0 Å². The second-order valence-corrected chi connectivity index (χ2v) is 6.85. The first kappa shape index (κ1) is 18.0. The topological polar surface area (TPSA) is 67.4 Å². The first-order chi connectivity index (χ1) is 11.6. The molecule has 0 bridgehead atoms. The van der Waals surface area contributed by atoms with E-state index in [1.54, 1.807) is 6.26 Å². The third kappa shape index (κ3) is 6.83. The van der Waals surface area contributed by atoms with Gasteiger partial charge in [0.2, 0.25) is 0 Å². The third-order valence-corrected chi connectivity index (χ3v) is 4.11. The van der Waals surface area contributed by atoms with Crippen LogP contribution in [-0.2, 0) is 17.3 Å². The Morgan fingerprint density at radius 2 is 1.67 bits per heavy atom. The molecule has 0 unspecified atom stereocenters. The highest BCUT2D eigenvalue weighted by Gasteiger charge is 2.01. The number of amides is 2. The Kier molecular flexibility index (Phi) is 7.29. The van der Waals surface area contributed by atoms with E-state index in [-0.39, 0.29) is 6.03 Å². The smallest absolute Gasteiger partial charge is 0.315 e. The molecular weight excluding hydrogens is 324 g/mol. The molecule has 5 nitrogen and oxygen atoms in total. The van der Waals surface area contributed by atoms with Crippen LogP contribution in [0.15, 0.2) is 54.6 Å². The second-order valence-electron chi connectivity index (χ2n) is 5.30. The van der Waals surface area contributed by atoms with Gasteiger partial charge in [-0.25, -0.2) is 4.79 Å². The van der Waals surface area contributed by atoms with Gasteiger partial charge in [0.1, 0.15) is 11.5 Å². The zero-order chi connectivity index (χ0) is 17.2. The summed E-state index contributed by atoms with van der Waals surface area (Å²) in [7, 11) is -0.815. The monoisotopic (exact) mass is 346 g/mol. The number of carbonyl (C=O) groups is 1. The molecule has 2 aromatic carbocycles. The number of ether oxygens (including phenoxy) is 1. The molecule has 0 aliphatic carbocycles. The Morgan fingerprint density at radius 3 is 2.33 bits per heavy atom. The minimum atomic E-state index is -0.815. The molecule has 2 amide bonds. The van der Waals surface area contributed by atoms with Crippen molar-refractivity contribution >= 4 is 16.8 Å². The quantitative estimate of drug-likeness (QED) is 0.722. The number of benzene rings is 2. The zero-order valence-corrected chi connectivity index (χ0v) is 14.5. The lowest BCUT2D eigenvalue weighted by atomic mass is 10.2. The molecule has 0 saturated carbocycles. The van der Waals surface area contributed by atoms with Crippen LogP contribution in [0.5, 0.6) is 11.5 Å². The first-order valence-electron chi connectivity index (χ1n) is 7.77. The number of rotatable bonds is 8. The molecule has 0 aromatic heterocycles. The van der Waals surface area contributed by atoms with Gasteiger partial charge in [-0.05, 0) is 36.2 Å². The van der Waals surface area contributed by atoms with E-state index in [0.717, 1.165) is 17.1 Å². The van der Waals surface area contributed by atoms with Gasteiger partial charge in [-0.15, -0.1) is 0 Å². The maximum absolute atomic E-state index is 11.6. The van der Waals surface area contributed by atoms with Crippen LogP contribution in [0.3, 0.4) is 0 Å². The van der Waals surface area contributed by atoms with Gasteiger partial charge in [0.05, 0.1) is 0 Å². The molecule has 0 radical (unpaired) electrons. The molecule has 0 heterocycles. The van der Waals surface area contributed by atoms with Crippen LogP contribution in [0.1, 0.15) is 12.0 Å². The van der Waals surface area contributed by atoms with Gasteiger partial charge in [-0.2, -0.15) is 0 Å². The minimum absolute atomic E-state index is 0.221. The Labute approximate surface area is 144 Å². The molecule has 24 heavy (non-hydrogen) atoms. The SMILES string of the molecule is C[S@](=O)CCCNC(=O)NCc1ccc(Oc2ccccc2)cc1. The summed E-state index contributed by atoms with van der Waals surface area (Å²) >= 11 is 0. The van der Waals surface area contributed by atoms with Gasteiger partial charge in [0.25, 0.3) is 0 Å². The van der Waals surface area contributed by atoms with Crippen LogP contribution >= 0.6 is 0 Å². The van der Waals surface area contributed by atoms with Crippen LogP contribution in [0.4, 0.5) is 4.79 Å². The van der Waals surface area contributed by atoms with E-state index in [1.807, 2.05) is 54.6 Å². The maximum Gasteiger partial charge on any atom is 0.315 e. The summed E-state index contributed by atoms with van der Waals surface area (Å²) < 4.78 is 16.6. The van der Waals surface area contributed by atoms with E-state index in [2.05, 4.69) is 10.6 Å². The lowest BCUT2D eigenvalue weighted by Crippen LogP contribution is -2.35. The lowest BCUT2D eigenvalue weighted by molar-refractivity contribution is 0.240. The fourth-order valence-electron chi connectivity index (χ4n) is 2.02. The van der Waals surface area contributed by atoms with Crippen molar-refractivity contribution < 1.29 is 13.7 Å². The number of hydrogen-bond acceptors (Lipinski definition) is 3. The summed E-state index contributed by atoms with van der Waals surface area (Å²) in [5.41, 5.74) is 0.986. The predicted octanol–water partition coefficient (Wildman–Crippen LogP) is 3.05. The van der Waals surface area contributed by atoms with E-state index in [0.29, 0.717) is 25.3 Å². The second kappa shape index (κ2) is 9.72. The van der Waals surface area contributed by atoms with Gasteiger partial charge >= 0.3 is 6.03 Å². The Hall–Kier alpha value is -2.34. The van der Waals surface area contributed by atoms with Crippen molar-refractivity contribution in [3.05, 3.63) is 60.2 Å². The van der Waals surface area contributed by atoms with Crippen molar-refractivity contribution in [1.29, 1.82) is 0 Å². The number of carbonyl (C=O) groups excluding carboxylic acids is 1. The third-order valence-electron chi connectivity index (χ3n) is 3.25. The number of nitrogens with one attached hydrogen (secondary N) is 2. The maximum atomic E-state index is 11.6. The zero-order valence-electron chi connectivity index (χ0n) is 13.7. The van der Waals surface area contributed by atoms with Crippen LogP contribution in [0, 0.1) is 0 Å². The molecule has 1 atom stereocenters.